The molecule has 4 atom stereocenters. The smallest absolute Gasteiger partial charge is 0.251 e. The van der Waals surface area contributed by atoms with E-state index in [9.17, 15) is 19.8 Å². The number of hydrogen-bond acceptors (Lipinski definition) is 4. The van der Waals surface area contributed by atoms with Gasteiger partial charge in [-0.1, -0.05) is 60.7 Å². The first-order valence-electron chi connectivity index (χ1n) is 10.5. The predicted molar refractivity (Wildman–Crippen MR) is 123 cm³/mol. The van der Waals surface area contributed by atoms with E-state index in [1.165, 1.54) is 0 Å². The highest BCUT2D eigenvalue weighted by Gasteiger charge is 2.21. The van der Waals surface area contributed by atoms with E-state index in [1.54, 1.807) is 62.4 Å². The normalized spacial score (nSPS) is 14.6. The van der Waals surface area contributed by atoms with Gasteiger partial charge in [0.2, 0.25) is 0 Å². The average molecular weight is 433 g/mol. The predicted octanol–water partition coefficient (Wildman–Crippen LogP) is 3.39. The number of carbonyl (C=O) groups is 2. The molecule has 0 spiro atoms. The van der Waals surface area contributed by atoms with Crippen LogP contribution >= 0.6 is 0 Å². The lowest BCUT2D eigenvalue weighted by atomic mass is 10.0. The Morgan fingerprint density at radius 3 is 1.22 bits per heavy atom. The summed E-state index contributed by atoms with van der Waals surface area (Å²) in [6, 6.07) is 23.5. The van der Waals surface area contributed by atoms with Crippen LogP contribution < -0.4 is 10.6 Å². The van der Waals surface area contributed by atoms with E-state index in [1.807, 2.05) is 36.4 Å². The number of nitrogens with one attached hydrogen (secondary N) is 2. The van der Waals surface area contributed by atoms with E-state index in [2.05, 4.69) is 10.6 Å². The summed E-state index contributed by atoms with van der Waals surface area (Å²) in [6.07, 6.45) is -1.66. The molecule has 4 N–H and O–H groups in total. The second-order valence-corrected chi connectivity index (χ2v) is 7.81. The van der Waals surface area contributed by atoms with Gasteiger partial charge in [-0.25, -0.2) is 0 Å². The van der Waals surface area contributed by atoms with Crippen molar-refractivity contribution in [3.8, 4) is 0 Å². The van der Waals surface area contributed by atoms with Gasteiger partial charge >= 0.3 is 0 Å². The molecule has 6 nitrogen and oxygen atoms in total. The summed E-state index contributed by atoms with van der Waals surface area (Å²) in [4.78, 5) is 25.1. The molecule has 2 amide bonds. The van der Waals surface area contributed by atoms with Crippen LogP contribution in [0, 0.1) is 0 Å². The molecule has 0 saturated heterocycles. The van der Waals surface area contributed by atoms with Crippen molar-refractivity contribution in [2.75, 3.05) is 0 Å². The first-order chi connectivity index (χ1) is 15.4. The minimum absolute atomic E-state index is 0.340. The van der Waals surface area contributed by atoms with Crippen LogP contribution in [0.5, 0.6) is 0 Å². The van der Waals surface area contributed by atoms with Gasteiger partial charge in [0, 0.05) is 11.1 Å². The molecule has 32 heavy (non-hydrogen) atoms. The number of aliphatic hydroxyl groups excluding tert-OH is 2. The first-order valence-corrected chi connectivity index (χ1v) is 10.5. The molecule has 6 heteroatoms. The molecule has 0 heterocycles. The fraction of sp³-hybridized carbons (Fsp3) is 0.231. The second kappa shape index (κ2) is 10.7. The maximum absolute atomic E-state index is 12.5. The van der Waals surface area contributed by atoms with Crippen molar-refractivity contribution in [1.29, 1.82) is 0 Å². The molecule has 0 aliphatic heterocycles. The monoisotopic (exact) mass is 432 g/mol. The van der Waals surface area contributed by atoms with Crippen LogP contribution in [-0.2, 0) is 0 Å². The van der Waals surface area contributed by atoms with Gasteiger partial charge in [-0.2, -0.15) is 0 Å². The molecular formula is C26H28N2O4. The van der Waals surface area contributed by atoms with Crippen LogP contribution in [0.1, 0.15) is 57.9 Å². The summed E-state index contributed by atoms with van der Waals surface area (Å²) in [5.41, 5.74) is 2.20. The number of amides is 2. The molecular weight excluding hydrogens is 404 g/mol. The Morgan fingerprint density at radius 1 is 0.594 bits per heavy atom. The molecule has 0 aliphatic carbocycles. The van der Waals surface area contributed by atoms with Gasteiger partial charge in [0.05, 0.1) is 24.3 Å². The fourth-order valence-corrected chi connectivity index (χ4v) is 3.39. The summed E-state index contributed by atoms with van der Waals surface area (Å²) in [7, 11) is 0. The van der Waals surface area contributed by atoms with E-state index < -0.39 is 24.3 Å². The standard InChI is InChI=1S/C26H28N2O4/c1-17(23(29)19-9-5-3-6-10-19)27-25(31)21-13-15-22(16-14-21)26(32)28-18(2)24(30)20-11-7-4-8-12-20/h3-18,23-24,29-30H,1-2H3,(H,27,31)(H,28,32). The van der Waals surface area contributed by atoms with E-state index in [-0.39, 0.29) is 11.8 Å². The number of carbonyl (C=O) groups excluding carboxylic acids is 2. The van der Waals surface area contributed by atoms with Crippen LogP contribution in [0.25, 0.3) is 0 Å². The summed E-state index contributed by atoms with van der Waals surface area (Å²) < 4.78 is 0. The molecule has 0 aliphatic rings. The molecule has 3 aromatic rings. The van der Waals surface area contributed by atoms with Crippen LogP contribution in [0.2, 0.25) is 0 Å². The van der Waals surface area contributed by atoms with Crippen LogP contribution in [-0.4, -0.2) is 34.1 Å². The molecule has 0 bridgehead atoms. The van der Waals surface area contributed by atoms with Crippen molar-refractivity contribution in [1.82, 2.24) is 10.6 Å². The Bertz CT molecular complexity index is 938. The largest absolute Gasteiger partial charge is 0.386 e. The molecule has 0 radical (unpaired) electrons. The summed E-state index contributed by atoms with van der Waals surface area (Å²) in [5, 5.41) is 26.4. The molecule has 166 valence electrons. The molecule has 3 aromatic carbocycles. The summed E-state index contributed by atoms with van der Waals surface area (Å²) >= 11 is 0. The average Bonchev–Trinajstić information content (AvgIpc) is 2.84. The Hall–Kier alpha value is -3.48. The fourth-order valence-electron chi connectivity index (χ4n) is 3.39. The first kappa shape index (κ1) is 23.2. The third-order valence-electron chi connectivity index (χ3n) is 5.36. The molecule has 4 unspecified atom stereocenters. The van der Waals surface area contributed by atoms with Gasteiger partial charge in [-0.15, -0.1) is 0 Å². The second-order valence-electron chi connectivity index (χ2n) is 7.81. The molecule has 0 fully saturated rings. The van der Waals surface area contributed by atoms with Gasteiger partial charge in [0.25, 0.3) is 11.8 Å². The SMILES string of the molecule is CC(NC(=O)c1ccc(C(=O)NC(C)C(O)c2ccccc2)cc1)C(O)c1ccccc1. The number of hydrogen-bond donors (Lipinski definition) is 4. The molecule has 0 saturated carbocycles. The molecule has 0 aromatic heterocycles. The lowest BCUT2D eigenvalue weighted by Gasteiger charge is -2.21. The van der Waals surface area contributed by atoms with Crippen LogP contribution in [0.3, 0.4) is 0 Å². The minimum atomic E-state index is -0.831. The zero-order chi connectivity index (χ0) is 23.1. The van der Waals surface area contributed by atoms with Crippen molar-refractivity contribution in [2.45, 2.75) is 38.1 Å². The Labute approximate surface area is 187 Å². The van der Waals surface area contributed by atoms with E-state index in [4.69, 9.17) is 0 Å². The topological polar surface area (TPSA) is 98.7 Å². The highest BCUT2D eigenvalue weighted by molar-refractivity contribution is 5.98. The third kappa shape index (κ3) is 5.81. The van der Waals surface area contributed by atoms with Gasteiger partial charge in [0.15, 0.2) is 0 Å². The third-order valence-corrected chi connectivity index (χ3v) is 5.36. The summed E-state index contributed by atoms with van der Waals surface area (Å²) in [6.45, 7) is 3.47. The van der Waals surface area contributed by atoms with Crippen molar-refractivity contribution >= 4 is 11.8 Å². The van der Waals surface area contributed by atoms with Crippen LogP contribution in [0.15, 0.2) is 84.9 Å². The highest BCUT2D eigenvalue weighted by Crippen LogP contribution is 2.18. The van der Waals surface area contributed by atoms with Crippen molar-refractivity contribution in [2.24, 2.45) is 0 Å². The maximum atomic E-state index is 12.5. The number of benzene rings is 3. The van der Waals surface area contributed by atoms with Gasteiger partial charge < -0.3 is 20.8 Å². The number of aliphatic hydroxyl groups is 2. The lowest BCUT2D eigenvalue weighted by Crippen LogP contribution is -2.37. The van der Waals surface area contributed by atoms with Crippen LogP contribution in [0.4, 0.5) is 0 Å². The lowest BCUT2D eigenvalue weighted by molar-refractivity contribution is 0.0843. The maximum Gasteiger partial charge on any atom is 0.251 e. The van der Waals surface area contributed by atoms with Gasteiger partial charge in [-0.05, 0) is 49.2 Å². The van der Waals surface area contributed by atoms with E-state index in [0.29, 0.717) is 11.1 Å². The number of rotatable bonds is 8. The zero-order valence-electron chi connectivity index (χ0n) is 18.1. The van der Waals surface area contributed by atoms with Crippen molar-refractivity contribution in [3.63, 3.8) is 0 Å². The minimum Gasteiger partial charge on any atom is -0.386 e. The Kier molecular flexibility index (Phi) is 7.76. The van der Waals surface area contributed by atoms with Gasteiger partial charge in [-0.3, -0.25) is 9.59 Å². The Balaban J connectivity index is 1.57. The van der Waals surface area contributed by atoms with E-state index >= 15 is 0 Å². The zero-order valence-corrected chi connectivity index (χ0v) is 18.1. The van der Waals surface area contributed by atoms with Gasteiger partial charge in [0.1, 0.15) is 0 Å². The van der Waals surface area contributed by atoms with Crippen molar-refractivity contribution in [3.05, 3.63) is 107 Å². The van der Waals surface area contributed by atoms with E-state index in [0.717, 1.165) is 11.1 Å². The Morgan fingerprint density at radius 2 is 0.906 bits per heavy atom. The highest BCUT2D eigenvalue weighted by atomic mass is 16.3. The summed E-state index contributed by atoms with van der Waals surface area (Å²) in [5.74, 6) is -0.681. The van der Waals surface area contributed by atoms with Crippen molar-refractivity contribution < 1.29 is 19.8 Å². The quantitative estimate of drug-likeness (QED) is 0.439. The molecule has 3 rings (SSSR count).